The van der Waals surface area contributed by atoms with Gasteiger partial charge >= 0.3 is 5.69 Å². The van der Waals surface area contributed by atoms with E-state index in [-0.39, 0.29) is 11.2 Å². The first-order chi connectivity index (χ1) is 8.59. The Bertz CT molecular complexity index is 638. The van der Waals surface area contributed by atoms with Gasteiger partial charge in [0.05, 0.1) is 6.54 Å². The van der Waals surface area contributed by atoms with E-state index in [0.717, 1.165) is 10.4 Å². The highest BCUT2D eigenvalue weighted by Crippen LogP contribution is 1.91. The summed E-state index contributed by atoms with van der Waals surface area (Å²) in [6.45, 7) is 0.931. The molecule has 0 saturated carbocycles. The number of nitrogens with one attached hydrogen (secondary N) is 2. The van der Waals surface area contributed by atoms with E-state index in [0.29, 0.717) is 18.7 Å². The van der Waals surface area contributed by atoms with Crippen LogP contribution >= 0.6 is 0 Å². The van der Waals surface area contributed by atoms with Crippen LogP contribution in [0.4, 0.5) is 0 Å². The molecule has 2 rings (SSSR count). The molecule has 96 valence electrons. The smallest absolute Gasteiger partial charge is 0.330 e. The van der Waals surface area contributed by atoms with Gasteiger partial charge in [0.2, 0.25) is 0 Å². The van der Waals surface area contributed by atoms with E-state index in [9.17, 15) is 9.59 Å². The maximum atomic E-state index is 11.8. The molecule has 0 unspecified atom stereocenters. The molecular weight excluding hydrogens is 234 g/mol. The molecule has 2 aromatic heterocycles. The zero-order valence-electron chi connectivity index (χ0n) is 10.3. The van der Waals surface area contributed by atoms with Crippen LogP contribution in [0.3, 0.4) is 0 Å². The molecule has 0 aliphatic carbocycles. The van der Waals surface area contributed by atoms with Crippen LogP contribution in [0.25, 0.3) is 0 Å². The molecule has 2 heterocycles. The normalized spacial score (nSPS) is 10.8. The molecule has 7 heteroatoms. The molecule has 0 aromatic carbocycles. The van der Waals surface area contributed by atoms with Crippen molar-refractivity contribution in [2.24, 2.45) is 14.1 Å². The van der Waals surface area contributed by atoms with Gasteiger partial charge in [-0.3, -0.25) is 9.36 Å². The lowest BCUT2D eigenvalue weighted by atomic mass is 10.3. The summed E-state index contributed by atoms with van der Waals surface area (Å²) in [4.78, 5) is 30.3. The van der Waals surface area contributed by atoms with Gasteiger partial charge in [0.15, 0.2) is 0 Å². The van der Waals surface area contributed by atoms with Gasteiger partial charge in [-0.2, -0.15) is 0 Å². The second kappa shape index (κ2) is 5.01. The standard InChI is InChI=1S/C11H15N5O2/c1-15-7-8(10(17)16(2)11(15)18)5-12-6-9-13-3-4-14-9/h3-4,7,12H,5-6H2,1-2H3,(H,13,14). The monoisotopic (exact) mass is 249 g/mol. The molecule has 0 radical (unpaired) electrons. The number of H-pyrrole nitrogens is 1. The highest BCUT2D eigenvalue weighted by molar-refractivity contribution is 5.05. The highest BCUT2D eigenvalue weighted by Gasteiger charge is 2.06. The molecule has 0 bridgehead atoms. The van der Waals surface area contributed by atoms with E-state index < -0.39 is 0 Å². The number of nitrogens with zero attached hydrogens (tertiary/aromatic N) is 3. The van der Waals surface area contributed by atoms with Gasteiger partial charge in [0.25, 0.3) is 5.56 Å². The van der Waals surface area contributed by atoms with Crippen molar-refractivity contribution in [3.63, 3.8) is 0 Å². The molecule has 0 amide bonds. The van der Waals surface area contributed by atoms with Gasteiger partial charge in [-0.25, -0.2) is 9.78 Å². The van der Waals surface area contributed by atoms with Crippen molar-refractivity contribution in [2.75, 3.05) is 0 Å². The minimum Gasteiger partial charge on any atom is -0.348 e. The zero-order valence-corrected chi connectivity index (χ0v) is 10.3. The summed E-state index contributed by atoms with van der Waals surface area (Å²) >= 11 is 0. The number of aromatic amines is 1. The van der Waals surface area contributed by atoms with Crippen molar-refractivity contribution in [3.05, 3.63) is 50.8 Å². The Labute approximate surface area is 103 Å². The van der Waals surface area contributed by atoms with E-state index in [4.69, 9.17) is 0 Å². The number of aryl methyl sites for hydroxylation is 1. The van der Waals surface area contributed by atoms with Crippen molar-refractivity contribution in [1.29, 1.82) is 0 Å². The molecule has 0 fully saturated rings. The van der Waals surface area contributed by atoms with E-state index >= 15 is 0 Å². The molecule has 18 heavy (non-hydrogen) atoms. The first kappa shape index (κ1) is 12.3. The summed E-state index contributed by atoms with van der Waals surface area (Å²) < 4.78 is 2.50. The number of rotatable bonds is 4. The van der Waals surface area contributed by atoms with Crippen LogP contribution in [0.1, 0.15) is 11.4 Å². The molecule has 2 N–H and O–H groups in total. The predicted octanol–water partition coefficient (Wildman–Crippen LogP) is -0.903. The zero-order chi connectivity index (χ0) is 13.1. The Morgan fingerprint density at radius 3 is 2.78 bits per heavy atom. The summed E-state index contributed by atoms with van der Waals surface area (Å²) in [5.74, 6) is 0.802. The quantitative estimate of drug-likeness (QED) is 0.735. The molecule has 7 nitrogen and oxygen atoms in total. The SMILES string of the molecule is Cn1cc(CNCc2ncc[nH]2)c(=O)n(C)c1=O. The first-order valence-corrected chi connectivity index (χ1v) is 5.54. The number of hydrogen-bond acceptors (Lipinski definition) is 4. The van der Waals surface area contributed by atoms with Crippen LogP contribution in [-0.2, 0) is 27.2 Å². The Morgan fingerprint density at radius 2 is 2.11 bits per heavy atom. The Morgan fingerprint density at radius 1 is 1.33 bits per heavy atom. The maximum absolute atomic E-state index is 11.8. The molecule has 0 saturated heterocycles. The first-order valence-electron chi connectivity index (χ1n) is 5.54. The fourth-order valence-corrected chi connectivity index (χ4v) is 1.71. The molecular formula is C11H15N5O2. The Balaban J connectivity index is 2.10. The van der Waals surface area contributed by atoms with Crippen molar-refractivity contribution in [2.45, 2.75) is 13.1 Å². The summed E-state index contributed by atoms with van der Waals surface area (Å²) in [7, 11) is 3.10. The molecule has 0 spiro atoms. The second-order valence-electron chi connectivity index (χ2n) is 4.05. The van der Waals surface area contributed by atoms with Crippen molar-refractivity contribution in [1.82, 2.24) is 24.4 Å². The Hall–Kier alpha value is -2.15. The molecule has 0 aliphatic rings. The van der Waals surface area contributed by atoms with Crippen molar-refractivity contribution < 1.29 is 0 Å². The largest absolute Gasteiger partial charge is 0.348 e. The van der Waals surface area contributed by atoms with Crippen molar-refractivity contribution in [3.8, 4) is 0 Å². The van der Waals surface area contributed by atoms with Gasteiger partial charge in [-0.1, -0.05) is 0 Å². The van der Waals surface area contributed by atoms with E-state index in [1.807, 2.05) is 0 Å². The second-order valence-corrected chi connectivity index (χ2v) is 4.05. The topological polar surface area (TPSA) is 84.7 Å². The van der Waals surface area contributed by atoms with Crippen molar-refractivity contribution >= 4 is 0 Å². The summed E-state index contributed by atoms with van der Waals surface area (Å²) in [5, 5.41) is 3.10. The van der Waals surface area contributed by atoms with Crippen LogP contribution in [0.2, 0.25) is 0 Å². The van der Waals surface area contributed by atoms with E-state index in [1.54, 1.807) is 25.6 Å². The lowest BCUT2D eigenvalue weighted by Gasteiger charge is -2.07. The van der Waals surface area contributed by atoms with Crippen LogP contribution in [0.5, 0.6) is 0 Å². The third kappa shape index (κ3) is 2.40. The lowest BCUT2D eigenvalue weighted by molar-refractivity contribution is 0.621. The molecule has 2 aromatic rings. The Kier molecular flexibility index (Phi) is 3.42. The van der Waals surface area contributed by atoms with Crippen LogP contribution in [0.15, 0.2) is 28.2 Å². The third-order valence-corrected chi connectivity index (χ3v) is 2.68. The number of aromatic nitrogens is 4. The average Bonchev–Trinajstić information content (AvgIpc) is 2.86. The third-order valence-electron chi connectivity index (χ3n) is 2.68. The van der Waals surface area contributed by atoms with E-state index in [1.165, 1.54) is 11.6 Å². The van der Waals surface area contributed by atoms with Crippen LogP contribution in [-0.4, -0.2) is 19.1 Å². The predicted molar refractivity (Wildman–Crippen MR) is 66.1 cm³/mol. The summed E-state index contributed by atoms with van der Waals surface area (Å²) in [5.41, 5.74) is -0.0500. The van der Waals surface area contributed by atoms with Gasteiger partial charge in [0.1, 0.15) is 5.82 Å². The summed E-state index contributed by atoms with van der Waals surface area (Å²) in [6.07, 6.45) is 4.96. The van der Waals surface area contributed by atoms with Gasteiger partial charge in [-0.15, -0.1) is 0 Å². The van der Waals surface area contributed by atoms with Gasteiger partial charge < -0.3 is 14.9 Å². The van der Waals surface area contributed by atoms with E-state index in [2.05, 4.69) is 15.3 Å². The molecule has 0 atom stereocenters. The maximum Gasteiger partial charge on any atom is 0.330 e. The fraction of sp³-hybridized carbons (Fsp3) is 0.364. The number of imidazole rings is 1. The van der Waals surface area contributed by atoms with Crippen LogP contribution < -0.4 is 16.6 Å². The van der Waals surface area contributed by atoms with Crippen LogP contribution in [0, 0.1) is 0 Å². The minimum atomic E-state index is -0.324. The summed E-state index contributed by atoms with van der Waals surface area (Å²) in [6, 6.07) is 0. The van der Waals surface area contributed by atoms with Gasteiger partial charge in [0, 0.05) is 44.8 Å². The number of hydrogen-bond donors (Lipinski definition) is 2. The van der Waals surface area contributed by atoms with Gasteiger partial charge in [-0.05, 0) is 0 Å². The fourth-order valence-electron chi connectivity index (χ4n) is 1.71. The minimum absolute atomic E-state index is 0.273. The average molecular weight is 249 g/mol. The lowest BCUT2D eigenvalue weighted by Crippen LogP contribution is -2.39. The highest BCUT2D eigenvalue weighted by atomic mass is 16.2. The molecule has 0 aliphatic heterocycles.